The number of benzene rings is 4. The van der Waals surface area contributed by atoms with Gasteiger partial charge in [-0.1, -0.05) is 48.0 Å². The standard InChI is InChI=1S/C33H32N4O5S/c1-24-9-19-30(20-10-24)43(39,40)36(21-25-7-5-4-6-8-25)23-32(38)35-33-34-31(26-11-15-28(41-2)16-12-26)22-37(33)27-13-17-29(42-3)18-14-27/h4-20,22H,21,23H2,1-3H3,(H,34,35,38). The molecule has 9 nitrogen and oxygen atoms in total. The topological polar surface area (TPSA) is 103 Å². The van der Waals surface area contributed by atoms with E-state index in [2.05, 4.69) is 5.32 Å². The van der Waals surface area contributed by atoms with Crippen molar-refractivity contribution in [2.24, 2.45) is 0 Å². The van der Waals surface area contributed by atoms with Crippen LogP contribution in [0.25, 0.3) is 16.9 Å². The van der Waals surface area contributed by atoms with Gasteiger partial charge in [-0.25, -0.2) is 13.4 Å². The van der Waals surface area contributed by atoms with E-state index in [1.165, 1.54) is 4.31 Å². The number of anilines is 1. The van der Waals surface area contributed by atoms with E-state index in [0.29, 0.717) is 17.2 Å². The largest absolute Gasteiger partial charge is 0.497 e. The van der Waals surface area contributed by atoms with Crippen molar-refractivity contribution in [2.75, 3.05) is 26.1 Å². The number of nitrogens with zero attached hydrogens (tertiary/aromatic N) is 3. The van der Waals surface area contributed by atoms with Crippen LogP contribution in [0.4, 0.5) is 5.95 Å². The number of nitrogens with one attached hydrogen (secondary N) is 1. The van der Waals surface area contributed by atoms with Gasteiger partial charge in [-0.05, 0) is 73.2 Å². The summed E-state index contributed by atoms with van der Waals surface area (Å²) in [5.74, 6) is 1.10. The normalized spacial score (nSPS) is 11.3. The number of sulfonamides is 1. The molecule has 1 amide bonds. The van der Waals surface area contributed by atoms with Gasteiger partial charge in [0.25, 0.3) is 0 Å². The highest BCUT2D eigenvalue weighted by molar-refractivity contribution is 7.89. The highest BCUT2D eigenvalue weighted by Crippen LogP contribution is 2.27. The number of aryl methyl sites for hydroxylation is 1. The molecule has 10 heteroatoms. The van der Waals surface area contributed by atoms with Crippen LogP contribution >= 0.6 is 0 Å². The van der Waals surface area contributed by atoms with Gasteiger partial charge >= 0.3 is 0 Å². The van der Waals surface area contributed by atoms with Crippen molar-refractivity contribution in [3.63, 3.8) is 0 Å². The molecule has 0 aliphatic carbocycles. The van der Waals surface area contributed by atoms with E-state index in [4.69, 9.17) is 14.5 Å². The van der Waals surface area contributed by atoms with Gasteiger partial charge in [0.1, 0.15) is 11.5 Å². The van der Waals surface area contributed by atoms with Crippen molar-refractivity contribution in [1.29, 1.82) is 0 Å². The second kappa shape index (κ2) is 12.9. The molecule has 5 rings (SSSR count). The molecule has 0 spiro atoms. The number of carbonyl (C=O) groups excluding carboxylic acids is 1. The highest BCUT2D eigenvalue weighted by Gasteiger charge is 2.28. The number of hydrogen-bond acceptors (Lipinski definition) is 6. The van der Waals surface area contributed by atoms with Gasteiger partial charge in [0.2, 0.25) is 21.9 Å². The van der Waals surface area contributed by atoms with E-state index in [-0.39, 0.29) is 17.4 Å². The lowest BCUT2D eigenvalue weighted by atomic mass is 10.1. The molecule has 0 bridgehead atoms. The fraction of sp³-hybridized carbons (Fsp3) is 0.152. The average Bonchev–Trinajstić information content (AvgIpc) is 3.45. The van der Waals surface area contributed by atoms with Gasteiger partial charge in [-0.3, -0.25) is 14.7 Å². The molecule has 4 aromatic carbocycles. The molecule has 0 radical (unpaired) electrons. The first kappa shape index (κ1) is 29.6. The SMILES string of the molecule is COc1ccc(-c2cn(-c3ccc(OC)cc3)c(NC(=O)CN(Cc3ccccc3)S(=O)(=O)c3ccc(C)cc3)n2)cc1. The third-order valence-corrected chi connectivity index (χ3v) is 8.68. The second-order valence-corrected chi connectivity index (χ2v) is 11.8. The Bertz CT molecular complexity index is 1790. The molecule has 0 aliphatic heterocycles. The maximum absolute atomic E-state index is 13.7. The highest BCUT2D eigenvalue weighted by atomic mass is 32.2. The first-order valence-electron chi connectivity index (χ1n) is 13.6. The number of aromatic nitrogens is 2. The number of methoxy groups -OCH3 is 2. The number of hydrogen-bond donors (Lipinski definition) is 1. The first-order valence-corrected chi connectivity index (χ1v) is 15.0. The van der Waals surface area contributed by atoms with Crippen molar-refractivity contribution in [3.05, 3.63) is 120 Å². The molecule has 0 saturated carbocycles. The summed E-state index contributed by atoms with van der Waals surface area (Å²) < 4.78 is 40.9. The monoisotopic (exact) mass is 596 g/mol. The zero-order valence-corrected chi connectivity index (χ0v) is 24.9. The third kappa shape index (κ3) is 6.94. The average molecular weight is 597 g/mol. The summed E-state index contributed by atoms with van der Waals surface area (Å²) in [4.78, 5) is 18.4. The first-order chi connectivity index (χ1) is 20.8. The maximum Gasteiger partial charge on any atom is 0.243 e. The molecular weight excluding hydrogens is 564 g/mol. The molecule has 1 aromatic heterocycles. The number of imidazole rings is 1. The second-order valence-electron chi connectivity index (χ2n) is 9.87. The lowest BCUT2D eigenvalue weighted by Gasteiger charge is -2.22. The molecule has 1 heterocycles. The summed E-state index contributed by atoms with van der Waals surface area (Å²) in [5.41, 5.74) is 3.85. The molecule has 220 valence electrons. The molecule has 5 aromatic rings. The van der Waals surface area contributed by atoms with Crippen molar-refractivity contribution in [3.8, 4) is 28.4 Å². The Balaban J connectivity index is 1.47. The summed E-state index contributed by atoms with van der Waals surface area (Å²) in [6.45, 7) is 1.49. The van der Waals surface area contributed by atoms with Crippen LogP contribution in [0.3, 0.4) is 0 Å². The van der Waals surface area contributed by atoms with E-state index in [1.54, 1.807) is 43.1 Å². The minimum absolute atomic E-state index is 0.0223. The maximum atomic E-state index is 13.7. The third-order valence-electron chi connectivity index (χ3n) is 6.87. The Hall–Kier alpha value is -4.93. The van der Waals surface area contributed by atoms with Crippen molar-refractivity contribution in [2.45, 2.75) is 18.4 Å². The summed E-state index contributed by atoms with van der Waals surface area (Å²) in [7, 11) is -0.811. The fourth-order valence-electron chi connectivity index (χ4n) is 4.51. The minimum atomic E-state index is -4.00. The van der Waals surface area contributed by atoms with Gasteiger partial charge < -0.3 is 9.47 Å². The summed E-state index contributed by atoms with van der Waals surface area (Å²) in [6.07, 6.45) is 1.81. The zero-order valence-electron chi connectivity index (χ0n) is 24.1. The summed E-state index contributed by atoms with van der Waals surface area (Å²) in [5, 5.41) is 2.85. The Labute approximate surface area is 251 Å². The molecule has 0 fully saturated rings. The Morgan fingerprint density at radius 3 is 2.05 bits per heavy atom. The van der Waals surface area contributed by atoms with E-state index >= 15 is 0 Å². The molecule has 43 heavy (non-hydrogen) atoms. The lowest BCUT2D eigenvalue weighted by molar-refractivity contribution is -0.116. The number of ether oxygens (including phenoxy) is 2. The molecular formula is C33H32N4O5S. The van der Waals surface area contributed by atoms with Gasteiger partial charge in [-0.15, -0.1) is 0 Å². The Morgan fingerprint density at radius 2 is 1.44 bits per heavy atom. The van der Waals surface area contributed by atoms with Crippen LogP contribution in [-0.4, -0.2) is 48.9 Å². The fourth-order valence-corrected chi connectivity index (χ4v) is 5.89. The van der Waals surface area contributed by atoms with E-state index in [9.17, 15) is 13.2 Å². The van der Waals surface area contributed by atoms with Gasteiger partial charge in [0, 0.05) is 24.0 Å². The van der Waals surface area contributed by atoms with Gasteiger partial charge in [0.05, 0.1) is 31.4 Å². The zero-order chi connectivity index (χ0) is 30.4. The molecule has 0 saturated heterocycles. The van der Waals surface area contributed by atoms with Crippen molar-refractivity contribution >= 4 is 21.9 Å². The predicted molar refractivity (Wildman–Crippen MR) is 166 cm³/mol. The van der Waals surface area contributed by atoms with Crippen LogP contribution in [0.2, 0.25) is 0 Å². The summed E-state index contributed by atoms with van der Waals surface area (Å²) in [6, 6.07) is 30.5. The van der Waals surface area contributed by atoms with Crippen LogP contribution in [0.5, 0.6) is 11.5 Å². The molecule has 0 atom stereocenters. The van der Waals surface area contributed by atoms with E-state index in [0.717, 1.165) is 22.4 Å². The van der Waals surface area contributed by atoms with E-state index in [1.807, 2.05) is 92.0 Å². The molecule has 0 unspecified atom stereocenters. The summed E-state index contributed by atoms with van der Waals surface area (Å²) >= 11 is 0. The van der Waals surface area contributed by atoms with Crippen LogP contribution in [0.15, 0.2) is 114 Å². The van der Waals surface area contributed by atoms with Crippen molar-refractivity contribution < 1.29 is 22.7 Å². The Morgan fingerprint density at radius 1 is 0.837 bits per heavy atom. The number of amides is 1. The number of carbonyl (C=O) groups is 1. The molecule has 1 N–H and O–H groups in total. The van der Waals surface area contributed by atoms with Crippen LogP contribution in [0.1, 0.15) is 11.1 Å². The van der Waals surface area contributed by atoms with Crippen LogP contribution in [0, 0.1) is 6.92 Å². The van der Waals surface area contributed by atoms with Crippen LogP contribution in [-0.2, 0) is 21.4 Å². The lowest BCUT2D eigenvalue weighted by Crippen LogP contribution is -2.38. The minimum Gasteiger partial charge on any atom is -0.497 e. The van der Waals surface area contributed by atoms with Gasteiger partial charge in [-0.2, -0.15) is 4.31 Å². The smallest absolute Gasteiger partial charge is 0.243 e. The Kier molecular flexibility index (Phi) is 8.89. The van der Waals surface area contributed by atoms with Crippen molar-refractivity contribution in [1.82, 2.24) is 13.9 Å². The number of rotatable bonds is 11. The van der Waals surface area contributed by atoms with Gasteiger partial charge in [0.15, 0.2) is 0 Å². The van der Waals surface area contributed by atoms with E-state index < -0.39 is 22.5 Å². The molecule has 0 aliphatic rings. The van der Waals surface area contributed by atoms with Crippen LogP contribution < -0.4 is 14.8 Å². The quantitative estimate of drug-likeness (QED) is 0.210. The predicted octanol–water partition coefficient (Wildman–Crippen LogP) is 5.69.